The second kappa shape index (κ2) is 3.20. The quantitative estimate of drug-likeness (QED) is 0.613. The van der Waals surface area contributed by atoms with E-state index >= 15 is 0 Å². The van der Waals surface area contributed by atoms with Gasteiger partial charge in [0.1, 0.15) is 6.54 Å². The van der Waals surface area contributed by atoms with E-state index in [2.05, 4.69) is 0 Å². The average Bonchev–Trinajstić information content (AvgIpc) is 2.55. The van der Waals surface area contributed by atoms with Crippen LogP contribution in [0.15, 0.2) is 0 Å². The number of likely N-dealkylation sites (N-methyl/N-ethyl adjacent to an activating group) is 1. The lowest BCUT2D eigenvalue weighted by atomic mass is 10.0. The molecular formula is C11H16N2O3. The fraction of sp³-hybridized carbons (Fsp3) is 0.818. The van der Waals surface area contributed by atoms with Crippen molar-refractivity contribution in [1.29, 1.82) is 0 Å². The Morgan fingerprint density at radius 2 is 2.38 bits per heavy atom. The Hall–Kier alpha value is -1.10. The maximum atomic E-state index is 12.2. The number of hydrogen-bond acceptors (Lipinski definition) is 3. The molecule has 1 spiro atoms. The Kier molecular flexibility index (Phi) is 2.01. The lowest BCUT2D eigenvalue weighted by molar-refractivity contribution is -0.133. The van der Waals surface area contributed by atoms with Crippen molar-refractivity contribution >= 4 is 11.8 Å². The first-order valence-corrected chi connectivity index (χ1v) is 5.73. The zero-order valence-electron chi connectivity index (χ0n) is 9.44. The van der Waals surface area contributed by atoms with E-state index in [1.165, 1.54) is 0 Å². The monoisotopic (exact) mass is 224 g/mol. The first-order valence-electron chi connectivity index (χ1n) is 5.73. The number of hydrogen-bond donors (Lipinski definition) is 0. The molecule has 2 heterocycles. The van der Waals surface area contributed by atoms with Crippen LogP contribution in [0, 0.1) is 11.3 Å². The predicted molar refractivity (Wildman–Crippen MR) is 55.3 cm³/mol. The molecule has 2 atom stereocenters. The fourth-order valence-corrected chi connectivity index (χ4v) is 2.79. The minimum atomic E-state index is 0.0331. The number of ether oxygens (including phenoxy) is 1. The summed E-state index contributed by atoms with van der Waals surface area (Å²) >= 11 is 0. The molecule has 2 unspecified atom stereocenters. The standard InChI is InChI=1S/C11H16N2O3/c1-12-7-13(5-9(12)14)10(15)8-4-11(8)2-3-16-6-11/h8H,2-7H2,1H3. The molecule has 0 bridgehead atoms. The highest BCUT2D eigenvalue weighted by Crippen LogP contribution is 2.58. The van der Waals surface area contributed by atoms with Gasteiger partial charge in [-0.1, -0.05) is 0 Å². The van der Waals surface area contributed by atoms with Gasteiger partial charge in [0, 0.05) is 25.0 Å². The van der Waals surface area contributed by atoms with Crippen LogP contribution in [0.25, 0.3) is 0 Å². The fourth-order valence-electron chi connectivity index (χ4n) is 2.79. The number of carbonyl (C=O) groups excluding carboxylic acids is 2. The van der Waals surface area contributed by atoms with Crippen molar-refractivity contribution in [2.24, 2.45) is 11.3 Å². The molecule has 0 N–H and O–H groups in total. The first-order chi connectivity index (χ1) is 7.62. The van der Waals surface area contributed by atoms with Gasteiger partial charge < -0.3 is 14.5 Å². The van der Waals surface area contributed by atoms with Crippen LogP contribution in [0.5, 0.6) is 0 Å². The molecule has 1 aliphatic carbocycles. The second-order valence-corrected chi connectivity index (χ2v) is 5.19. The normalized spacial score (nSPS) is 37.6. The van der Waals surface area contributed by atoms with Gasteiger partial charge in [0.25, 0.3) is 0 Å². The molecule has 2 amide bonds. The highest BCUT2D eigenvalue weighted by molar-refractivity contribution is 5.90. The van der Waals surface area contributed by atoms with Crippen molar-refractivity contribution in [3.8, 4) is 0 Å². The third kappa shape index (κ3) is 1.34. The van der Waals surface area contributed by atoms with Crippen molar-refractivity contribution in [3.05, 3.63) is 0 Å². The Morgan fingerprint density at radius 3 is 2.94 bits per heavy atom. The largest absolute Gasteiger partial charge is 0.381 e. The molecule has 5 nitrogen and oxygen atoms in total. The molecule has 0 aromatic carbocycles. The van der Waals surface area contributed by atoms with Crippen molar-refractivity contribution in [1.82, 2.24) is 9.80 Å². The topological polar surface area (TPSA) is 49.9 Å². The number of amides is 2. The Morgan fingerprint density at radius 1 is 1.56 bits per heavy atom. The van der Waals surface area contributed by atoms with Gasteiger partial charge >= 0.3 is 0 Å². The van der Waals surface area contributed by atoms with E-state index in [9.17, 15) is 9.59 Å². The van der Waals surface area contributed by atoms with Crippen molar-refractivity contribution in [2.75, 3.05) is 33.5 Å². The summed E-state index contributed by atoms with van der Waals surface area (Å²) in [5.41, 5.74) is 0.126. The van der Waals surface area contributed by atoms with Crippen LogP contribution < -0.4 is 0 Å². The lowest BCUT2D eigenvalue weighted by Crippen LogP contribution is -2.33. The van der Waals surface area contributed by atoms with E-state index in [4.69, 9.17) is 4.74 Å². The molecule has 2 aliphatic heterocycles. The smallest absolute Gasteiger partial charge is 0.243 e. The van der Waals surface area contributed by atoms with E-state index in [1.807, 2.05) is 0 Å². The summed E-state index contributed by atoms with van der Waals surface area (Å²) in [7, 11) is 1.73. The molecular weight excluding hydrogens is 208 g/mol. The maximum Gasteiger partial charge on any atom is 0.243 e. The minimum absolute atomic E-state index is 0.0331. The van der Waals surface area contributed by atoms with E-state index in [-0.39, 0.29) is 29.7 Å². The van der Waals surface area contributed by atoms with E-state index in [0.717, 1.165) is 26.1 Å². The summed E-state index contributed by atoms with van der Waals surface area (Å²) in [5, 5.41) is 0. The van der Waals surface area contributed by atoms with Crippen LogP contribution in [0.2, 0.25) is 0 Å². The van der Waals surface area contributed by atoms with Gasteiger partial charge in [-0.2, -0.15) is 0 Å². The van der Waals surface area contributed by atoms with E-state index < -0.39 is 0 Å². The second-order valence-electron chi connectivity index (χ2n) is 5.19. The molecule has 88 valence electrons. The SMILES string of the molecule is CN1CN(C(=O)C2CC23CCOC3)CC1=O. The number of carbonyl (C=O) groups is 2. The van der Waals surface area contributed by atoms with Gasteiger partial charge in [-0.15, -0.1) is 0 Å². The lowest BCUT2D eigenvalue weighted by Gasteiger charge is -2.16. The number of rotatable bonds is 1. The third-order valence-electron chi connectivity index (χ3n) is 4.07. The summed E-state index contributed by atoms with van der Waals surface area (Å²) in [4.78, 5) is 26.8. The van der Waals surface area contributed by atoms with E-state index in [0.29, 0.717) is 6.67 Å². The van der Waals surface area contributed by atoms with Crippen LogP contribution in [0.3, 0.4) is 0 Å². The van der Waals surface area contributed by atoms with Crippen LogP contribution in [-0.2, 0) is 14.3 Å². The Labute approximate surface area is 94.3 Å². The minimum Gasteiger partial charge on any atom is -0.381 e. The molecule has 3 rings (SSSR count). The van der Waals surface area contributed by atoms with Crippen LogP contribution in [0.1, 0.15) is 12.8 Å². The summed E-state index contributed by atoms with van der Waals surface area (Å²) in [6.45, 7) is 2.21. The Bertz CT molecular complexity index is 349. The van der Waals surface area contributed by atoms with Crippen LogP contribution >= 0.6 is 0 Å². The third-order valence-corrected chi connectivity index (χ3v) is 4.07. The summed E-state index contributed by atoms with van der Waals surface area (Å²) < 4.78 is 5.36. The van der Waals surface area contributed by atoms with Gasteiger partial charge in [0.15, 0.2) is 0 Å². The molecule has 0 aromatic rings. The van der Waals surface area contributed by atoms with Gasteiger partial charge in [-0.05, 0) is 12.8 Å². The van der Waals surface area contributed by atoms with Crippen molar-refractivity contribution < 1.29 is 14.3 Å². The molecule has 1 saturated carbocycles. The molecule has 16 heavy (non-hydrogen) atoms. The zero-order chi connectivity index (χ0) is 11.3. The summed E-state index contributed by atoms with van der Waals surface area (Å²) in [6.07, 6.45) is 1.95. The van der Waals surface area contributed by atoms with Gasteiger partial charge in [0.05, 0.1) is 13.3 Å². The van der Waals surface area contributed by atoms with E-state index in [1.54, 1.807) is 16.8 Å². The van der Waals surface area contributed by atoms with Gasteiger partial charge in [-0.25, -0.2) is 0 Å². The highest BCUT2D eigenvalue weighted by atomic mass is 16.5. The maximum absolute atomic E-state index is 12.2. The molecule has 3 aliphatic rings. The zero-order valence-corrected chi connectivity index (χ0v) is 9.44. The van der Waals surface area contributed by atoms with Gasteiger partial charge in [0.2, 0.25) is 11.8 Å². The molecule has 2 saturated heterocycles. The van der Waals surface area contributed by atoms with Crippen molar-refractivity contribution in [2.45, 2.75) is 12.8 Å². The molecule has 0 radical (unpaired) electrons. The van der Waals surface area contributed by atoms with Gasteiger partial charge in [-0.3, -0.25) is 9.59 Å². The molecule has 0 aromatic heterocycles. The summed E-state index contributed by atoms with van der Waals surface area (Å²) in [5.74, 6) is 0.281. The first kappa shape index (κ1) is 10.1. The Balaban J connectivity index is 1.65. The predicted octanol–water partition coefficient (Wildman–Crippen LogP) is -0.329. The highest BCUT2D eigenvalue weighted by Gasteiger charge is 2.61. The molecule has 3 fully saturated rings. The van der Waals surface area contributed by atoms with Crippen LogP contribution in [0.4, 0.5) is 0 Å². The molecule has 5 heteroatoms. The number of nitrogens with zero attached hydrogens (tertiary/aromatic N) is 2. The average molecular weight is 224 g/mol. The van der Waals surface area contributed by atoms with Crippen molar-refractivity contribution in [3.63, 3.8) is 0 Å². The van der Waals surface area contributed by atoms with Crippen LogP contribution in [-0.4, -0.2) is 55.1 Å². The summed E-state index contributed by atoms with van der Waals surface area (Å²) in [6, 6.07) is 0.